The van der Waals surface area contributed by atoms with Crippen molar-refractivity contribution in [1.82, 2.24) is 9.88 Å². The molecule has 0 amide bonds. The van der Waals surface area contributed by atoms with Gasteiger partial charge in [-0.15, -0.1) is 0 Å². The molecule has 0 atom stereocenters. The van der Waals surface area contributed by atoms with Crippen LogP contribution in [0.5, 0.6) is 0 Å². The third-order valence-electron chi connectivity index (χ3n) is 1.70. The number of aliphatic hydroxyl groups is 1. The number of nitrogens with zero attached hydrogens (tertiary/aromatic N) is 2. The van der Waals surface area contributed by atoms with Crippen molar-refractivity contribution in [3.8, 4) is 0 Å². The highest BCUT2D eigenvalue weighted by Crippen LogP contribution is 2.07. The highest BCUT2D eigenvalue weighted by molar-refractivity contribution is 6.30. The third kappa shape index (κ3) is 3.72. The first-order chi connectivity index (χ1) is 6.22. The summed E-state index contributed by atoms with van der Waals surface area (Å²) in [6.45, 7) is 1.56. The lowest BCUT2D eigenvalue weighted by Crippen LogP contribution is -2.21. The standard InChI is InChI=1S/C9H13ClN2O/c1-12(4-5-13)7-9-3-2-8(10)6-11-9/h2-3,6,13H,4-5,7H2,1H3. The van der Waals surface area contributed by atoms with E-state index in [0.717, 1.165) is 12.2 Å². The molecular formula is C9H13ClN2O. The largest absolute Gasteiger partial charge is 0.395 e. The van der Waals surface area contributed by atoms with Gasteiger partial charge in [-0.1, -0.05) is 11.6 Å². The molecular weight excluding hydrogens is 188 g/mol. The van der Waals surface area contributed by atoms with Crippen molar-refractivity contribution in [2.75, 3.05) is 20.2 Å². The number of rotatable bonds is 4. The van der Waals surface area contributed by atoms with E-state index >= 15 is 0 Å². The van der Waals surface area contributed by atoms with E-state index in [1.807, 2.05) is 24.1 Å². The van der Waals surface area contributed by atoms with Crippen LogP contribution in [0.3, 0.4) is 0 Å². The normalized spacial score (nSPS) is 10.8. The lowest BCUT2D eigenvalue weighted by atomic mass is 10.3. The molecule has 0 fully saturated rings. The molecule has 0 aromatic carbocycles. The molecule has 0 aliphatic heterocycles. The van der Waals surface area contributed by atoms with Gasteiger partial charge in [0, 0.05) is 19.3 Å². The molecule has 13 heavy (non-hydrogen) atoms. The third-order valence-corrected chi connectivity index (χ3v) is 1.93. The van der Waals surface area contributed by atoms with Crippen LogP contribution < -0.4 is 0 Å². The van der Waals surface area contributed by atoms with Crippen LogP contribution in [0.2, 0.25) is 5.02 Å². The second-order valence-corrected chi connectivity index (χ2v) is 3.37. The van der Waals surface area contributed by atoms with E-state index < -0.39 is 0 Å². The van der Waals surface area contributed by atoms with E-state index in [1.165, 1.54) is 0 Å². The number of likely N-dealkylation sites (N-methyl/N-ethyl adjacent to an activating group) is 1. The van der Waals surface area contributed by atoms with Crippen molar-refractivity contribution >= 4 is 11.6 Å². The van der Waals surface area contributed by atoms with Gasteiger partial charge in [-0.3, -0.25) is 9.88 Å². The molecule has 0 radical (unpaired) electrons. The van der Waals surface area contributed by atoms with Crippen LogP contribution >= 0.6 is 11.6 Å². The van der Waals surface area contributed by atoms with Gasteiger partial charge in [0.05, 0.1) is 17.3 Å². The Labute approximate surface area is 83.0 Å². The minimum Gasteiger partial charge on any atom is -0.395 e. The maximum atomic E-state index is 8.68. The van der Waals surface area contributed by atoms with Gasteiger partial charge in [0.15, 0.2) is 0 Å². The van der Waals surface area contributed by atoms with Gasteiger partial charge in [-0.25, -0.2) is 0 Å². The molecule has 1 rings (SSSR count). The summed E-state index contributed by atoms with van der Waals surface area (Å²) in [5, 5.41) is 9.32. The van der Waals surface area contributed by atoms with Crippen LogP contribution in [0.4, 0.5) is 0 Å². The topological polar surface area (TPSA) is 36.4 Å². The zero-order chi connectivity index (χ0) is 9.68. The van der Waals surface area contributed by atoms with Crippen LogP contribution in [-0.2, 0) is 6.54 Å². The molecule has 1 N–H and O–H groups in total. The van der Waals surface area contributed by atoms with E-state index in [4.69, 9.17) is 16.7 Å². The summed E-state index contributed by atoms with van der Waals surface area (Å²) in [5.41, 5.74) is 0.959. The minimum atomic E-state index is 0.171. The van der Waals surface area contributed by atoms with Gasteiger partial charge >= 0.3 is 0 Å². The van der Waals surface area contributed by atoms with Crippen molar-refractivity contribution in [2.45, 2.75) is 6.54 Å². The van der Waals surface area contributed by atoms with Crippen LogP contribution in [0, 0.1) is 0 Å². The van der Waals surface area contributed by atoms with Gasteiger partial charge in [0.1, 0.15) is 0 Å². The number of pyridine rings is 1. The predicted octanol–water partition coefficient (Wildman–Crippen LogP) is 1.16. The molecule has 0 aliphatic carbocycles. The van der Waals surface area contributed by atoms with Crippen molar-refractivity contribution < 1.29 is 5.11 Å². The molecule has 1 heterocycles. The van der Waals surface area contributed by atoms with Crippen LogP contribution in [0.15, 0.2) is 18.3 Å². The van der Waals surface area contributed by atoms with Crippen LogP contribution in [0.1, 0.15) is 5.69 Å². The molecule has 1 aromatic rings. The highest BCUT2D eigenvalue weighted by atomic mass is 35.5. The average Bonchev–Trinajstić information content (AvgIpc) is 2.09. The Bertz CT molecular complexity index is 250. The summed E-state index contributed by atoms with van der Waals surface area (Å²) in [6.07, 6.45) is 1.63. The van der Waals surface area contributed by atoms with E-state index in [1.54, 1.807) is 6.20 Å². The van der Waals surface area contributed by atoms with Gasteiger partial charge in [-0.05, 0) is 19.2 Å². The van der Waals surface area contributed by atoms with E-state index in [-0.39, 0.29) is 6.61 Å². The summed E-state index contributed by atoms with van der Waals surface area (Å²) in [5.74, 6) is 0. The first kappa shape index (κ1) is 10.4. The lowest BCUT2D eigenvalue weighted by Gasteiger charge is -2.13. The zero-order valence-electron chi connectivity index (χ0n) is 7.57. The molecule has 1 aromatic heterocycles. The van der Waals surface area contributed by atoms with Crippen molar-refractivity contribution in [3.05, 3.63) is 29.0 Å². The summed E-state index contributed by atoms with van der Waals surface area (Å²) < 4.78 is 0. The molecule has 0 unspecified atom stereocenters. The summed E-state index contributed by atoms with van der Waals surface area (Å²) >= 11 is 5.69. The predicted molar refractivity (Wildman–Crippen MR) is 52.7 cm³/mol. The van der Waals surface area contributed by atoms with Gasteiger partial charge in [0.25, 0.3) is 0 Å². The Morgan fingerprint density at radius 2 is 2.31 bits per heavy atom. The number of aliphatic hydroxyl groups excluding tert-OH is 1. The Kier molecular flexibility index (Phi) is 4.15. The quantitative estimate of drug-likeness (QED) is 0.793. The average molecular weight is 201 g/mol. The fourth-order valence-electron chi connectivity index (χ4n) is 1.03. The van der Waals surface area contributed by atoms with Crippen LogP contribution in [-0.4, -0.2) is 35.2 Å². The SMILES string of the molecule is CN(CCO)Cc1ccc(Cl)cn1. The molecule has 0 saturated heterocycles. The number of halogens is 1. The second kappa shape index (κ2) is 5.17. The Balaban J connectivity index is 2.49. The Morgan fingerprint density at radius 1 is 1.54 bits per heavy atom. The van der Waals surface area contributed by atoms with E-state index in [9.17, 15) is 0 Å². The Morgan fingerprint density at radius 3 is 2.85 bits per heavy atom. The summed E-state index contributed by atoms with van der Waals surface area (Å²) in [4.78, 5) is 6.14. The van der Waals surface area contributed by atoms with Crippen molar-refractivity contribution in [2.24, 2.45) is 0 Å². The van der Waals surface area contributed by atoms with Crippen molar-refractivity contribution in [1.29, 1.82) is 0 Å². The first-order valence-electron chi connectivity index (χ1n) is 4.12. The summed E-state index contributed by atoms with van der Waals surface area (Å²) in [7, 11) is 1.94. The van der Waals surface area contributed by atoms with Gasteiger partial charge in [0.2, 0.25) is 0 Å². The fourth-order valence-corrected chi connectivity index (χ4v) is 1.14. The monoisotopic (exact) mass is 200 g/mol. The number of hydrogen-bond acceptors (Lipinski definition) is 3. The maximum absolute atomic E-state index is 8.68. The van der Waals surface area contributed by atoms with E-state index in [0.29, 0.717) is 11.6 Å². The molecule has 0 spiro atoms. The maximum Gasteiger partial charge on any atom is 0.0589 e. The smallest absolute Gasteiger partial charge is 0.0589 e. The van der Waals surface area contributed by atoms with Gasteiger partial charge in [-0.2, -0.15) is 0 Å². The molecule has 0 aliphatic rings. The first-order valence-corrected chi connectivity index (χ1v) is 4.50. The molecule has 0 bridgehead atoms. The summed E-state index contributed by atoms with van der Waals surface area (Å²) in [6, 6.07) is 3.70. The lowest BCUT2D eigenvalue weighted by molar-refractivity contribution is 0.216. The highest BCUT2D eigenvalue weighted by Gasteiger charge is 1.99. The Hall–Kier alpha value is -0.640. The molecule has 0 saturated carbocycles. The van der Waals surface area contributed by atoms with Crippen molar-refractivity contribution in [3.63, 3.8) is 0 Å². The van der Waals surface area contributed by atoms with Crippen LogP contribution in [0.25, 0.3) is 0 Å². The number of aromatic nitrogens is 1. The molecule has 4 heteroatoms. The molecule has 72 valence electrons. The number of hydrogen-bond donors (Lipinski definition) is 1. The van der Waals surface area contributed by atoms with Gasteiger partial charge < -0.3 is 5.11 Å². The minimum absolute atomic E-state index is 0.171. The second-order valence-electron chi connectivity index (χ2n) is 2.93. The fraction of sp³-hybridized carbons (Fsp3) is 0.444. The van der Waals surface area contributed by atoms with E-state index in [2.05, 4.69) is 4.98 Å². The molecule has 3 nitrogen and oxygen atoms in total. The zero-order valence-corrected chi connectivity index (χ0v) is 8.33.